The summed E-state index contributed by atoms with van der Waals surface area (Å²) >= 11 is 2.11. The lowest BCUT2D eigenvalue weighted by Crippen LogP contribution is -2.44. The molecule has 3 rings (SSSR count). The maximum absolute atomic E-state index is 12.5. The van der Waals surface area contributed by atoms with E-state index in [-0.39, 0.29) is 11.1 Å². The third kappa shape index (κ3) is 4.06. The molecule has 0 saturated heterocycles. The number of rotatable bonds is 5. The summed E-state index contributed by atoms with van der Waals surface area (Å²) in [5.74, 6) is -2.44. The average molecular weight is 492 g/mol. The van der Waals surface area contributed by atoms with Crippen LogP contribution in [0.25, 0.3) is 0 Å². The zero-order valence-electron chi connectivity index (χ0n) is 15.2. The van der Waals surface area contributed by atoms with Gasteiger partial charge in [0.2, 0.25) is 0 Å². The Morgan fingerprint density at radius 1 is 1.11 bits per heavy atom. The second-order valence-electron chi connectivity index (χ2n) is 6.37. The second kappa shape index (κ2) is 8.09. The molecular weight excluding hydrogens is 475 g/mol. The molecule has 1 atom stereocenters. The number of aryl methyl sites for hydroxylation is 1. The van der Waals surface area contributed by atoms with E-state index in [2.05, 4.69) is 27.9 Å². The van der Waals surface area contributed by atoms with Crippen molar-refractivity contribution in [3.05, 3.63) is 62.7 Å². The quantitative estimate of drug-likeness (QED) is 0.394. The third-order valence-corrected chi connectivity index (χ3v) is 4.93. The monoisotopic (exact) mass is 492 g/mol. The Hall–Kier alpha value is -2.75. The summed E-state index contributed by atoms with van der Waals surface area (Å²) < 4.78 is 5.95. The van der Waals surface area contributed by atoms with Crippen molar-refractivity contribution in [2.75, 3.05) is 11.9 Å². The molecular formula is C20H17IN2O5. The number of esters is 1. The number of amides is 3. The third-order valence-electron chi connectivity index (χ3n) is 4.26. The molecule has 28 heavy (non-hydrogen) atoms. The summed E-state index contributed by atoms with van der Waals surface area (Å²) in [6.45, 7) is 2.69. The Morgan fingerprint density at radius 2 is 1.82 bits per heavy atom. The number of benzene rings is 2. The highest BCUT2D eigenvalue weighted by atomic mass is 127. The van der Waals surface area contributed by atoms with E-state index in [9.17, 15) is 19.2 Å². The number of halogens is 1. The van der Waals surface area contributed by atoms with Crippen molar-refractivity contribution in [1.29, 1.82) is 0 Å². The van der Waals surface area contributed by atoms with Crippen LogP contribution in [0, 0.1) is 10.5 Å². The molecule has 1 aliphatic heterocycles. The van der Waals surface area contributed by atoms with Gasteiger partial charge >= 0.3 is 5.97 Å². The first-order valence-electron chi connectivity index (χ1n) is 8.48. The maximum Gasteiger partial charge on any atom is 0.329 e. The fraction of sp³-hybridized carbons (Fsp3) is 0.200. The molecule has 2 aromatic rings. The molecule has 0 fully saturated rings. The predicted octanol–water partition coefficient (Wildman–Crippen LogP) is 2.77. The molecule has 0 saturated carbocycles. The van der Waals surface area contributed by atoms with E-state index in [1.807, 2.05) is 13.0 Å². The molecule has 0 bridgehead atoms. The number of imide groups is 1. The van der Waals surface area contributed by atoms with Gasteiger partial charge in [-0.3, -0.25) is 19.3 Å². The van der Waals surface area contributed by atoms with Gasteiger partial charge in [0.15, 0.2) is 6.61 Å². The van der Waals surface area contributed by atoms with Gasteiger partial charge in [0, 0.05) is 9.26 Å². The fourth-order valence-electron chi connectivity index (χ4n) is 2.85. The first-order valence-corrected chi connectivity index (χ1v) is 9.56. The first-order chi connectivity index (χ1) is 13.3. The zero-order chi connectivity index (χ0) is 20.4. The van der Waals surface area contributed by atoms with Crippen molar-refractivity contribution in [1.82, 2.24) is 4.90 Å². The molecule has 1 unspecified atom stereocenters. The Bertz CT molecular complexity index is 988. The van der Waals surface area contributed by atoms with Crippen molar-refractivity contribution in [2.24, 2.45) is 0 Å². The molecule has 0 radical (unpaired) electrons. The van der Waals surface area contributed by atoms with Gasteiger partial charge in [-0.05, 0) is 66.8 Å². The number of anilines is 1. The van der Waals surface area contributed by atoms with Gasteiger partial charge in [-0.15, -0.1) is 0 Å². The lowest BCUT2D eigenvalue weighted by molar-refractivity contribution is -0.150. The summed E-state index contributed by atoms with van der Waals surface area (Å²) in [6.07, 6.45) is 0. The van der Waals surface area contributed by atoms with E-state index in [4.69, 9.17) is 4.74 Å². The van der Waals surface area contributed by atoms with Crippen LogP contribution in [0.1, 0.15) is 33.2 Å². The second-order valence-corrected chi connectivity index (χ2v) is 7.62. The number of ether oxygens (including phenoxy) is 1. The highest BCUT2D eigenvalue weighted by Gasteiger charge is 2.41. The number of hydrogen-bond acceptors (Lipinski definition) is 5. The minimum atomic E-state index is -1.14. The van der Waals surface area contributed by atoms with Crippen LogP contribution in [-0.2, 0) is 14.3 Å². The largest absolute Gasteiger partial charge is 0.454 e. The number of hydrogen-bond donors (Lipinski definition) is 1. The van der Waals surface area contributed by atoms with Crippen LogP contribution < -0.4 is 5.32 Å². The first kappa shape index (κ1) is 20.0. The maximum atomic E-state index is 12.5. The Morgan fingerprint density at radius 3 is 2.54 bits per heavy atom. The standard InChI is InChI=1S/C20H17IN2O5/c1-11-6-7-15-16(8-11)19(26)23(18(15)25)12(2)20(27)28-10-17(24)22-14-5-3-4-13(21)9-14/h3-9,12H,10H2,1-2H3,(H,22,24). The van der Waals surface area contributed by atoms with E-state index in [0.29, 0.717) is 5.69 Å². The number of nitrogens with one attached hydrogen (secondary N) is 1. The molecule has 8 heteroatoms. The van der Waals surface area contributed by atoms with E-state index < -0.39 is 36.3 Å². The molecule has 2 aromatic carbocycles. The van der Waals surface area contributed by atoms with Crippen LogP contribution in [0.3, 0.4) is 0 Å². The van der Waals surface area contributed by atoms with Crippen molar-refractivity contribution in [2.45, 2.75) is 19.9 Å². The van der Waals surface area contributed by atoms with Crippen molar-refractivity contribution in [3.63, 3.8) is 0 Å². The van der Waals surface area contributed by atoms with Crippen LogP contribution >= 0.6 is 22.6 Å². The van der Waals surface area contributed by atoms with E-state index in [1.165, 1.54) is 6.92 Å². The van der Waals surface area contributed by atoms with Gasteiger partial charge < -0.3 is 10.1 Å². The van der Waals surface area contributed by atoms with Crippen molar-refractivity contribution >= 4 is 52.0 Å². The smallest absolute Gasteiger partial charge is 0.329 e. The molecule has 3 amide bonds. The van der Waals surface area contributed by atoms with Crippen LogP contribution in [0.5, 0.6) is 0 Å². The van der Waals surface area contributed by atoms with Gasteiger partial charge in [-0.25, -0.2) is 4.79 Å². The molecule has 7 nitrogen and oxygen atoms in total. The minimum Gasteiger partial charge on any atom is -0.454 e. The molecule has 1 N–H and O–H groups in total. The molecule has 0 aromatic heterocycles. The lowest BCUT2D eigenvalue weighted by Gasteiger charge is -2.20. The van der Waals surface area contributed by atoms with Gasteiger partial charge in [0.05, 0.1) is 11.1 Å². The van der Waals surface area contributed by atoms with Gasteiger partial charge in [0.1, 0.15) is 6.04 Å². The zero-order valence-corrected chi connectivity index (χ0v) is 17.3. The number of carbonyl (C=O) groups is 4. The molecule has 0 aliphatic carbocycles. The highest BCUT2D eigenvalue weighted by Crippen LogP contribution is 2.26. The molecule has 1 aliphatic rings. The van der Waals surface area contributed by atoms with Crippen LogP contribution in [-0.4, -0.2) is 41.2 Å². The summed E-state index contributed by atoms with van der Waals surface area (Å²) in [7, 11) is 0. The van der Waals surface area contributed by atoms with E-state index >= 15 is 0 Å². The Balaban J connectivity index is 1.61. The number of nitrogens with zero attached hydrogens (tertiary/aromatic N) is 1. The fourth-order valence-corrected chi connectivity index (χ4v) is 3.39. The van der Waals surface area contributed by atoms with Gasteiger partial charge in [-0.1, -0.05) is 17.7 Å². The van der Waals surface area contributed by atoms with Crippen molar-refractivity contribution in [3.8, 4) is 0 Å². The summed E-state index contributed by atoms with van der Waals surface area (Å²) in [5, 5.41) is 2.62. The normalized spacial score (nSPS) is 13.9. The van der Waals surface area contributed by atoms with Crippen molar-refractivity contribution < 1.29 is 23.9 Å². The number of fused-ring (bicyclic) bond motifs is 1. The van der Waals surface area contributed by atoms with Crippen LogP contribution in [0.15, 0.2) is 42.5 Å². The number of carbonyl (C=O) groups excluding carboxylic acids is 4. The predicted molar refractivity (Wildman–Crippen MR) is 110 cm³/mol. The highest BCUT2D eigenvalue weighted by molar-refractivity contribution is 14.1. The van der Waals surface area contributed by atoms with Crippen LogP contribution in [0.4, 0.5) is 5.69 Å². The SMILES string of the molecule is Cc1ccc2c(c1)C(=O)N(C(C)C(=O)OCC(=O)Nc1cccc(I)c1)C2=O. The lowest BCUT2D eigenvalue weighted by atomic mass is 10.1. The molecule has 0 spiro atoms. The Kier molecular flexibility index (Phi) is 5.78. The molecule has 144 valence electrons. The minimum absolute atomic E-state index is 0.256. The summed E-state index contributed by atoms with van der Waals surface area (Å²) in [5.41, 5.74) is 1.94. The Labute approximate surface area is 175 Å². The summed E-state index contributed by atoms with van der Waals surface area (Å²) in [6, 6.07) is 10.9. The van der Waals surface area contributed by atoms with E-state index in [1.54, 1.807) is 36.4 Å². The summed E-state index contributed by atoms with van der Waals surface area (Å²) in [4.78, 5) is 50.2. The van der Waals surface area contributed by atoms with Crippen LogP contribution in [0.2, 0.25) is 0 Å². The van der Waals surface area contributed by atoms with Gasteiger partial charge in [-0.2, -0.15) is 0 Å². The van der Waals surface area contributed by atoms with Gasteiger partial charge in [0.25, 0.3) is 17.7 Å². The van der Waals surface area contributed by atoms with E-state index in [0.717, 1.165) is 14.0 Å². The topological polar surface area (TPSA) is 92.8 Å². The average Bonchev–Trinajstić information content (AvgIpc) is 2.89. The molecule has 1 heterocycles.